The lowest BCUT2D eigenvalue weighted by molar-refractivity contribution is -0.135. The van der Waals surface area contributed by atoms with Gasteiger partial charge in [-0.2, -0.15) is 0 Å². The van der Waals surface area contributed by atoms with E-state index in [0.29, 0.717) is 5.02 Å². The smallest absolute Gasteiger partial charge is 0.225 e. The van der Waals surface area contributed by atoms with Gasteiger partial charge in [0.05, 0.1) is 6.04 Å². The van der Waals surface area contributed by atoms with E-state index in [-0.39, 0.29) is 17.9 Å². The van der Waals surface area contributed by atoms with Crippen molar-refractivity contribution in [1.29, 1.82) is 0 Å². The number of nitrogens with zero attached hydrogens (tertiary/aromatic N) is 1. The number of hydrogen-bond acceptors (Lipinski definition) is 1. The minimum Gasteiger partial charge on any atom is -0.339 e. The van der Waals surface area contributed by atoms with Crippen molar-refractivity contribution in [3.8, 4) is 0 Å². The topological polar surface area (TPSA) is 20.3 Å². The summed E-state index contributed by atoms with van der Waals surface area (Å²) in [6.45, 7) is 6.01. The minimum absolute atomic E-state index is 0.0511. The Morgan fingerprint density at radius 1 is 1.41 bits per heavy atom. The van der Waals surface area contributed by atoms with Crippen molar-refractivity contribution in [3.05, 3.63) is 34.9 Å². The van der Waals surface area contributed by atoms with E-state index in [0.717, 1.165) is 12.0 Å². The zero-order chi connectivity index (χ0) is 13.0. The van der Waals surface area contributed by atoms with Gasteiger partial charge in [0.1, 0.15) is 0 Å². The predicted octanol–water partition coefficient (Wildman–Crippen LogP) is 3.91. The molecule has 0 saturated heterocycles. The number of benzene rings is 1. The molecule has 2 nitrogen and oxygen atoms in total. The zero-order valence-corrected chi connectivity index (χ0v) is 11.7. The molecule has 3 heteroatoms. The Morgan fingerprint density at radius 3 is 2.59 bits per heavy atom. The van der Waals surface area contributed by atoms with Crippen LogP contribution < -0.4 is 0 Å². The molecular formula is C14H20ClNO. The first kappa shape index (κ1) is 14.0. The molecule has 1 aromatic carbocycles. The molecule has 0 heterocycles. The van der Waals surface area contributed by atoms with Gasteiger partial charge in [0.2, 0.25) is 5.91 Å². The lowest BCUT2D eigenvalue weighted by Crippen LogP contribution is -2.33. The van der Waals surface area contributed by atoms with Gasteiger partial charge in [-0.1, -0.05) is 37.6 Å². The van der Waals surface area contributed by atoms with Crippen molar-refractivity contribution < 1.29 is 4.79 Å². The molecule has 1 amide bonds. The standard InChI is InChI=1S/C14H20ClNO/c1-5-10(2)14(17)16(4)11(3)12-7-6-8-13(15)9-12/h6-11H,5H2,1-4H3. The Kier molecular flexibility index (Phi) is 5.01. The normalized spacial score (nSPS) is 14.2. The molecule has 0 bridgehead atoms. The average Bonchev–Trinajstić information content (AvgIpc) is 2.35. The van der Waals surface area contributed by atoms with Crippen LogP contribution in [0.25, 0.3) is 0 Å². The summed E-state index contributed by atoms with van der Waals surface area (Å²) < 4.78 is 0. The second-order valence-corrected chi connectivity index (χ2v) is 4.93. The van der Waals surface area contributed by atoms with Crippen molar-refractivity contribution in [1.82, 2.24) is 4.90 Å². The monoisotopic (exact) mass is 253 g/mol. The summed E-state index contributed by atoms with van der Waals surface area (Å²) in [7, 11) is 1.85. The summed E-state index contributed by atoms with van der Waals surface area (Å²) in [5.41, 5.74) is 1.07. The Balaban J connectivity index is 2.82. The summed E-state index contributed by atoms with van der Waals surface area (Å²) in [6.07, 6.45) is 0.867. The molecule has 17 heavy (non-hydrogen) atoms. The van der Waals surface area contributed by atoms with Gasteiger partial charge in [-0.3, -0.25) is 4.79 Å². The van der Waals surface area contributed by atoms with Crippen LogP contribution in [0.4, 0.5) is 0 Å². The van der Waals surface area contributed by atoms with Crippen LogP contribution in [0.1, 0.15) is 38.8 Å². The molecule has 2 atom stereocenters. The number of amides is 1. The zero-order valence-electron chi connectivity index (χ0n) is 10.9. The molecule has 2 unspecified atom stereocenters. The van der Waals surface area contributed by atoms with Crippen LogP contribution >= 0.6 is 11.6 Å². The first-order valence-electron chi connectivity index (χ1n) is 5.99. The van der Waals surface area contributed by atoms with E-state index in [9.17, 15) is 4.79 Å². The Hall–Kier alpha value is -1.02. The van der Waals surface area contributed by atoms with Gasteiger partial charge in [-0.25, -0.2) is 0 Å². The number of rotatable bonds is 4. The van der Waals surface area contributed by atoms with Crippen molar-refractivity contribution in [2.75, 3.05) is 7.05 Å². The minimum atomic E-state index is 0.0511. The third kappa shape index (κ3) is 3.47. The van der Waals surface area contributed by atoms with Crippen LogP contribution in [0.5, 0.6) is 0 Å². The highest BCUT2D eigenvalue weighted by molar-refractivity contribution is 6.30. The first-order chi connectivity index (χ1) is 7.97. The first-order valence-corrected chi connectivity index (χ1v) is 6.37. The van der Waals surface area contributed by atoms with Crippen LogP contribution in [-0.2, 0) is 4.79 Å². The van der Waals surface area contributed by atoms with Crippen molar-refractivity contribution in [2.24, 2.45) is 5.92 Å². The highest BCUT2D eigenvalue weighted by Gasteiger charge is 2.21. The van der Waals surface area contributed by atoms with Gasteiger partial charge in [0.15, 0.2) is 0 Å². The molecule has 94 valence electrons. The Bertz CT molecular complexity index is 392. The second kappa shape index (κ2) is 6.06. The summed E-state index contributed by atoms with van der Waals surface area (Å²) in [5, 5.41) is 0.707. The van der Waals surface area contributed by atoms with Gasteiger partial charge >= 0.3 is 0 Å². The molecule has 0 spiro atoms. The molecule has 0 aliphatic carbocycles. The lowest BCUT2D eigenvalue weighted by Gasteiger charge is -2.27. The number of carbonyl (C=O) groups is 1. The fourth-order valence-corrected chi connectivity index (χ4v) is 1.90. The summed E-state index contributed by atoms with van der Waals surface area (Å²) in [4.78, 5) is 13.9. The third-order valence-electron chi connectivity index (χ3n) is 3.29. The average molecular weight is 254 g/mol. The molecule has 0 radical (unpaired) electrons. The summed E-state index contributed by atoms with van der Waals surface area (Å²) in [5.74, 6) is 0.251. The third-order valence-corrected chi connectivity index (χ3v) is 3.53. The quantitative estimate of drug-likeness (QED) is 0.797. The maximum Gasteiger partial charge on any atom is 0.225 e. The van der Waals surface area contributed by atoms with Crippen LogP contribution in [0.2, 0.25) is 5.02 Å². The van der Waals surface area contributed by atoms with Crippen molar-refractivity contribution in [3.63, 3.8) is 0 Å². The van der Waals surface area contributed by atoms with E-state index >= 15 is 0 Å². The van der Waals surface area contributed by atoms with Gasteiger partial charge in [-0.05, 0) is 31.0 Å². The van der Waals surface area contributed by atoms with Crippen molar-refractivity contribution in [2.45, 2.75) is 33.2 Å². The van der Waals surface area contributed by atoms with E-state index in [2.05, 4.69) is 0 Å². The van der Waals surface area contributed by atoms with Gasteiger partial charge in [0, 0.05) is 18.0 Å². The van der Waals surface area contributed by atoms with Crippen molar-refractivity contribution >= 4 is 17.5 Å². The van der Waals surface area contributed by atoms with Crippen LogP contribution in [0, 0.1) is 5.92 Å². The van der Waals surface area contributed by atoms with E-state index in [1.165, 1.54) is 0 Å². The SMILES string of the molecule is CCC(C)C(=O)N(C)C(C)c1cccc(Cl)c1. The van der Waals surface area contributed by atoms with E-state index in [1.807, 2.05) is 52.1 Å². The highest BCUT2D eigenvalue weighted by atomic mass is 35.5. The van der Waals surface area contributed by atoms with Crippen LogP contribution in [0.15, 0.2) is 24.3 Å². The predicted molar refractivity (Wildman–Crippen MR) is 72.1 cm³/mol. The molecule has 0 fully saturated rings. The highest BCUT2D eigenvalue weighted by Crippen LogP contribution is 2.23. The second-order valence-electron chi connectivity index (χ2n) is 4.49. The maximum absolute atomic E-state index is 12.1. The van der Waals surface area contributed by atoms with E-state index in [4.69, 9.17) is 11.6 Å². The largest absolute Gasteiger partial charge is 0.339 e. The summed E-state index contributed by atoms with van der Waals surface area (Å²) in [6, 6.07) is 7.71. The fourth-order valence-electron chi connectivity index (χ4n) is 1.70. The Labute approximate surface area is 109 Å². The molecule has 0 saturated carbocycles. The number of carbonyl (C=O) groups excluding carboxylic acids is 1. The molecule has 1 aromatic rings. The van der Waals surface area contributed by atoms with Gasteiger partial charge in [-0.15, -0.1) is 0 Å². The lowest BCUT2D eigenvalue weighted by atomic mass is 10.0. The van der Waals surface area contributed by atoms with Crippen LogP contribution in [-0.4, -0.2) is 17.9 Å². The molecule has 0 aliphatic rings. The van der Waals surface area contributed by atoms with E-state index in [1.54, 1.807) is 4.90 Å². The summed E-state index contributed by atoms with van der Waals surface area (Å²) >= 11 is 5.96. The molecule has 0 aromatic heterocycles. The Morgan fingerprint density at radius 2 is 2.06 bits per heavy atom. The fraction of sp³-hybridized carbons (Fsp3) is 0.500. The maximum atomic E-state index is 12.1. The van der Waals surface area contributed by atoms with E-state index < -0.39 is 0 Å². The van der Waals surface area contributed by atoms with Crippen LogP contribution in [0.3, 0.4) is 0 Å². The number of hydrogen-bond donors (Lipinski definition) is 0. The van der Waals surface area contributed by atoms with Gasteiger partial charge < -0.3 is 4.90 Å². The molecule has 0 N–H and O–H groups in total. The molecule has 0 aliphatic heterocycles. The molecular weight excluding hydrogens is 234 g/mol. The molecule has 1 rings (SSSR count). The number of halogens is 1. The van der Waals surface area contributed by atoms with Gasteiger partial charge in [0.25, 0.3) is 0 Å².